The lowest BCUT2D eigenvalue weighted by atomic mass is 9.76. The molecule has 0 unspecified atom stereocenters. The summed E-state index contributed by atoms with van der Waals surface area (Å²) in [5.41, 5.74) is 4.24. The molecule has 1 aliphatic heterocycles. The lowest BCUT2D eigenvalue weighted by Crippen LogP contribution is -2.47. The fourth-order valence-corrected chi connectivity index (χ4v) is 2.88. The molecule has 3 nitrogen and oxygen atoms in total. The number of hydrogen-bond acceptors (Lipinski definition) is 2. The molecule has 1 fully saturated rings. The van der Waals surface area contributed by atoms with E-state index in [0.29, 0.717) is 13.2 Å². The summed E-state index contributed by atoms with van der Waals surface area (Å²) in [7, 11) is -0.272. The molecule has 0 radical (unpaired) electrons. The number of benzene rings is 2. The molecule has 2 aromatic carbocycles. The van der Waals surface area contributed by atoms with E-state index in [1.807, 2.05) is 36.5 Å². The second-order valence-electron chi connectivity index (χ2n) is 7.27. The fourth-order valence-electron chi connectivity index (χ4n) is 2.88. The number of aromatic nitrogens is 1. The first-order chi connectivity index (χ1) is 12.1. The van der Waals surface area contributed by atoms with Gasteiger partial charge < -0.3 is 14.3 Å². The minimum absolute atomic E-state index is 0.0858. The topological polar surface area (TPSA) is 34.2 Å². The number of H-pyrrole nitrogens is 1. The van der Waals surface area contributed by atoms with Crippen molar-refractivity contribution in [2.75, 3.05) is 13.2 Å². The summed E-state index contributed by atoms with van der Waals surface area (Å²) in [5, 5.41) is 1.18. The maximum absolute atomic E-state index is 5.82. The zero-order valence-corrected chi connectivity index (χ0v) is 14.5. The van der Waals surface area contributed by atoms with Crippen molar-refractivity contribution in [2.45, 2.75) is 13.8 Å². The van der Waals surface area contributed by atoms with E-state index in [1.54, 1.807) is 0 Å². The van der Waals surface area contributed by atoms with Gasteiger partial charge in [0.15, 0.2) is 0 Å². The maximum Gasteiger partial charge on any atom is 0.493 e. The van der Waals surface area contributed by atoms with Gasteiger partial charge in [-0.15, -0.1) is 0 Å². The van der Waals surface area contributed by atoms with Gasteiger partial charge in [-0.05, 0) is 41.9 Å². The molecule has 4 rings (SSSR count). The van der Waals surface area contributed by atoms with Gasteiger partial charge in [-0.2, -0.15) is 0 Å². The van der Waals surface area contributed by atoms with E-state index < -0.39 is 0 Å². The van der Waals surface area contributed by atoms with E-state index in [1.165, 1.54) is 5.39 Å². The summed E-state index contributed by atoms with van der Waals surface area (Å²) in [5.74, 6) is 6.45. The van der Waals surface area contributed by atoms with Crippen LogP contribution in [0.3, 0.4) is 0 Å². The first-order valence-corrected chi connectivity index (χ1v) is 8.51. The number of nitrogens with one attached hydrogen (secondary N) is 1. The van der Waals surface area contributed by atoms with Crippen molar-refractivity contribution in [2.24, 2.45) is 5.41 Å². The van der Waals surface area contributed by atoms with Crippen molar-refractivity contribution in [1.29, 1.82) is 0 Å². The summed E-state index contributed by atoms with van der Waals surface area (Å²) < 4.78 is 11.6. The summed E-state index contributed by atoms with van der Waals surface area (Å²) in [6.07, 6.45) is 1.94. The molecule has 3 aromatic rings. The molecule has 1 N–H and O–H groups in total. The quantitative estimate of drug-likeness (QED) is 0.549. The lowest BCUT2D eigenvalue weighted by molar-refractivity contribution is 0.0343. The molecule has 0 amide bonds. The Bertz CT molecular complexity index is 937. The zero-order chi connectivity index (χ0) is 17.3. The first kappa shape index (κ1) is 16.0. The van der Waals surface area contributed by atoms with Crippen LogP contribution >= 0.6 is 0 Å². The SMILES string of the molecule is CC1(C)COB(c2ccc(C#Cc3ccc4[nH]ccc4c3)cc2)OC1. The Labute approximate surface area is 148 Å². The summed E-state index contributed by atoms with van der Waals surface area (Å²) in [4.78, 5) is 3.19. The first-order valence-electron chi connectivity index (χ1n) is 8.51. The number of fused-ring (bicyclic) bond motifs is 1. The largest absolute Gasteiger partial charge is 0.493 e. The molecule has 0 saturated carbocycles. The van der Waals surface area contributed by atoms with Crippen LogP contribution in [0.5, 0.6) is 0 Å². The molecule has 124 valence electrons. The Morgan fingerprint density at radius 1 is 0.920 bits per heavy atom. The predicted molar refractivity (Wildman–Crippen MR) is 102 cm³/mol. The number of aromatic amines is 1. The molecule has 25 heavy (non-hydrogen) atoms. The summed E-state index contributed by atoms with van der Waals surface area (Å²) >= 11 is 0. The summed E-state index contributed by atoms with van der Waals surface area (Å²) in [6.45, 7) is 5.71. The van der Waals surface area contributed by atoms with Crippen LogP contribution in [0.1, 0.15) is 25.0 Å². The van der Waals surface area contributed by atoms with E-state index in [4.69, 9.17) is 9.31 Å². The van der Waals surface area contributed by atoms with Gasteiger partial charge in [0.25, 0.3) is 0 Å². The van der Waals surface area contributed by atoms with Crippen molar-refractivity contribution in [1.82, 2.24) is 4.98 Å². The Morgan fingerprint density at radius 2 is 1.60 bits per heavy atom. The highest BCUT2D eigenvalue weighted by atomic mass is 16.6. The maximum atomic E-state index is 5.82. The Hall–Kier alpha value is -2.48. The monoisotopic (exact) mass is 329 g/mol. The van der Waals surface area contributed by atoms with Gasteiger partial charge >= 0.3 is 7.12 Å². The number of rotatable bonds is 1. The normalized spacial score (nSPS) is 16.5. The molecule has 1 aliphatic rings. The minimum Gasteiger partial charge on any atom is -0.407 e. The van der Waals surface area contributed by atoms with Crippen LogP contribution in [0.15, 0.2) is 54.7 Å². The van der Waals surface area contributed by atoms with Crippen LogP contribution in [-0.2, 0) is 9.31 Å². The van der Waals surface area contributed by atoms with Gasteiger partial charge in [0, 0.05) is 46.9 Å². The van der Waals surface area contributed by atoms with E-state index in [2.05, 4.69) is 48.9 Å². The average molecular weight is 329 g/mol. The molecule has 0 atom stereocenters. The molecule has 2 heterocycles. The molecule has 1 aromatic heterocycles. The van der Waals surface area contributed by atoms with Gasteiger partial charge in [0.05, 0.1) is 0 Å². The van der Waals surface area contributed by atoms with Crippen LogP contribution in [0.2, 0.25) is 0 Å². The smallest absolute Gasteiger partial charge is 0.407 e. The molecular weight excluding hydrogens is 309 g/mol. The third-order valence-corrected chi connectivity index (χ3v) is 4.34. The average Bonchev–Trinajstić information content (AvgIpc) is 3.08. The van der Waals surface area contributed by atoms with Crippen LogP contribution in [0, 0.1) is 17.3 Å². The highest BCUT2D eigenvalue weighted by Gasteiger charge is 2.33. The van der Waals surface area contributed by atoms with Gasteiger partial charge in [-0.25, -0.2) is 0 Å². The Kier molecular flexibility index (Phi) is 4.13. The Balaban J connectivity index is 1.47. The highest BCUT2D eigenvalue weighted by molar-refractivity contribution is 6.61. The molecular formula is C21H20BNO2. The van der Waals surface area contributed by atoms with Crippen molar-refractivity contribution in [3.8, 4) is 11.8 Å². The lowest BCUT2D eigenvalue weighted by Gasteiger charge is -2.33. The van der Waals surface area contributed by atoms with Crippen molar-refractivity contribution in [3.05, 3.63) is 65.9 Å². The van der Waals surface area contributed by atoms with Crippen LogP contribution < -0.4 is 5.46 Å². The summed E-state index contributed by atoms with van der Waals surface area (Å²) in [6, 6.07) is 16.3. The Morgan fingerprint density at radius 3 is 2.36 bits per heavy atom. The van der Waals surface area contributed by atoms with Gasteiger partial charge in [-0.1, -0.05) is 37.8 Å². The van der Waals surface area contributed by atoms with Crippen molar-refractivity contribution >= 4 is 23.5 Å². The minimum atomic E-state index is -0.272. The highest BCUT2D eigenvalue weighted by Crippen LogP contribution is 2.21. The van der Waals surface area contributed by atoms with Crippen LogP contribution in [0.25, 0.3) is 10.9 Å². The standard InChI is InChI=1S/C21H20BNO2/c1-21(2)14-24-22(25-15-21)19-8-5-16(6-9-19)3-4-17-7-10-20-18(13-17)11-12-23-20/h5-13,23H,14-15H2,1-2H3. The third-order valence-electron chi connectivity index (χ3n) is 4.34. The van der Waals surface area contributed by atoms with Crippen molar-refractivity contribution in [3.63, 3.8) is 0 Å². The van der Waals surface area contributed by atoms with Crippen molar-refractivity contribution < 1.29 is 9.31 Å². The van der Waals surface area contributed by atoms with E-state index >= 15 is 0 Å². The predicted octanol–water partition coefficient (Wildman–Crippen LogP) is 3.34. The second-order valence-corrected chi connectivity index (χ2v) is 7.27. The molecule has 4 heteroatoms. The second kappa shape index (κ2) is 6.44. The van der Waals surface area contributed by atoms with Crippen LogP contribution in [0.4, 0.5) is 0 Å². The third kappa shape index (κ3) is 3.63. The molecule has 1 saturated heterocycles. The van der Waals surface area contributed by atoms with Gasteiger partial charge in [-0.3, -0.25) is 0 Å². The zero-order valence-electron chi connectivity index (χ0n) is 14.5. The van der Waals surface area contributed by atoms with E-state index in [0.717, 1.165) is 22.1 Å². The number of hydrogen-bond donors (Lipinski definition) is 1. The van der Waals surface area contributed by atoms with E-state index in [-0.39, 0.29) is 12.5 Å². The molecule has 0 bridgehead atoms. The van der Waals surface area contributed by atoms with E-state index in [9.17, 15) is 0 Å². The molecule has 0 aliphatic carbocycles. The van der Waals surface area contributed by atoms with Gasteiger partial charge in [0.1, 0.15) is 0 Å². The molecule has 0 spiro atoms. The van der Waals surface area contributed by atoms with Crippen LogP contribution in [-0.4, -0.2) is 25.3 Å². The van der Waals surface area contributed by atoms with Gasteiger partial charge in [0.2, 0.25) is 0 Å². The fraction of sp³-hybridized carbons (Fsp3) is 0.238.